The van der Waals surface area contributed by atoms with Crippen molar-refractivity contribution in [3.05, 3.63) is 77.9 Å². The molecule has 0 amide bonds. The maximum absolute atomic E-state index is 11.8. The first-order valence-corrected chi connectivity index (χ1v) is 11.0. The Morgan fingerprint density at radius 1 is 1.00 bits per heavy atom. The van der Waals surface area contributed by atoms with Crippen LogP contribution in [0.15, 0.2) is 66.7 Å². The monoisotopic (exact) mass is 430 g/mol. The third-order valence-electron chi connectivity index (χ3n) is 6.12. The summed E-state index contributed by atoms with van der Waals surface area (Å²) in [5, 5.41) is 0. The fraction of sp³-hybridized carbons (Fsp3) is 0.308. The molecule has 1 saturated heterocycles. The van der Waals surface area contributed by atoms with Gasteiger partial charge in [0, 0.05) is 38.3 Å². The minimum absolute atomic E-state index is 0.198. The number of pyridine rings is 1. The smallest absolute Gasteiger partial charge is 0.141 e. The second kappa shape index (κ2) is 10.4. The minimum Gasteiger partial charge on any atom is -0.497 e. The van der Waals surface area contributed by atoms with Crippen molar-refractivity contribution in [2.45, 2.75) is 12.5 Å². The van der Waals surface area contributed by atoms with E-state index in [1.807, 2.05) is 36.4 Å². The van der Waals surface area contributed by atoms with E-state index >= 15 is 0 Å². The van der Waals surface area contributed by atoms with Gasteiger partial charge in [-0.3, -0.25) is 4.90 Å². The summed E-state index contributed by atoms with van der Waals surface area (Å²) in [6, 6.07) is 21.8. The second-order valence-corrected chi connectivity index (χ2v) is 8.13. The molecule has 1 atom stereocenters. The molecule has 4 rings (SSSR count). The first-order chi connectivity index (χ1) is 15.7. The normalized spacial score (nSPS) is 15.9. The van der Waals surface area contributed by atoms with Crippen LogP contribution < -0.4 is 10.5 Å². The predicted octanol–water partition coefficient (Wildman–Crippen LogP) is 3.44. The van der Waals surface area contributed by atoms with Crippen LogP contribution in [0.1, 0.15) is 17.2 Å². The zero-order chi connectivity index (χ0) is 22.3. The average molecular weight is 431 g/mol. The zero-order valence-electron chi connectivity index (χ0n) is 18.5. The molecule has 0 aliphatic carbocycles. The molecule has 0 spiro atoms. The van der Waals surface area contributed by atoms with Crippen LogP contribution in [0.2, 0.25) is 0 Å². The lowest BCUT2D eigenvalue weighted by molar-refractivity contribution is -0.113. The van der Waals surface area contributed by atoms with Crippen molar-refractivity contribution in [3.8, 4) is 17.0 Å². The van der Waals surface area contributed by atoms with Gasteiger partial charge in [0.25, 0.3) is 0 Å². The van der Waals surface area contributed by atoms with Gasteiger partial charge in [-0.05, 0) is 41.8 Å². The van der Waals surface area contributed by atoms with Crippen LogP contribution in [-0.2, 0) is 11.2 Å². The van der Waals surface area contributed by atoms with E-state index in [1.165, 1.54) is 5.56 Å². The summed E-state index contributed by atoms with van der Waals surface area (Å²) in [5.74, 6) is 1.34. The Kier molecular flexibility index (Phi) is 7.14. The van der Waals surface area contributed by atoms with Crippen molar-refractivity contribution >= 4 is 12.1 Å². The summed E-state index contributed by atoms with van der Waals surface area (Å²) in [4.78, 5) is 20.9. The molecule has 0 saturated carbocycles. The van der Waals surface area contributed by atoms with Gasteiger partial charge in [-0.1, -0.05) is 42.5 Å². The fourth-order valence-corrected chi connectivity index (χ4v) is 4.18. The third kappa shape index (κ3) is 5.33. The SMILES string of the molecule is COc1ccc(C(C=O)N2CCN(CCc3ccc(-c4cccc(N)n4)cc3)CC2)cc1. The van der Waals surface area contributed by atoms with Gasteiger partial charge in [0.1, 0.15) is 17.9 Å². The van der Waals surface area contributed by atoms with E-state index < -0.39 is 0 Å². The minimum atomic E-state index is -0.198. The highest BCUT2D eigenvalue weighted by Gasteiger charge is 2.24. The van der Waals surface area contributed by atoms with Crippen LogP contribution >= 0.6 is 0 Å². The summed E-state index contributed by atoms with van der Waals surface area (Å²) in [6.07, 6.45) is 2.05. The molecule has 2 N–H and O–H groups in total. The van der Waals surface area contributed by atoms with Crippen LogP contribution in [0.25, 0.3) is 11.3 Å². The van der Waals surface area contributed by atoms with Crippen LogP contribution in [0, 0.1) is 0 Å². The van der Waals surface area contributed by atoms with E-state index in [0.29, 0.717) is 5.82 Å². The van der Waals surface area contributed by atoms with Crippen molar-refractivity contribution in [1.29, 1.82) is 0 Å². The molecule has 1 fully saturated rings. The maximum Gasteiger partial charge on any atom is 0.141 e. The molecule has 2 aromatic carbocycles. The van der Waals surface area contributed by atoms with Gasteiger partial charge in [-0.15, -0.1) is 0 Å². The number of anilines is 1. The first-order valence-electron chi connectivity index (χ1n) is 11.0. The Hall–Kier alpha value is -3.22. The number of carbonyl (C=O) groups excluding carboxylic acids is 1. The molecule has 32 heavy (non-hydrogen) atoms. The molecule has 2 heterocycles. The molecule has 1 aliphatic heterocycles. The van der Waals surface area contributed by atoms with Gasteiger partial charge in [-0.25, -0.2) is 4.98 Å². The van der Waals surface area contributed by atoms with Gasteiger partial charge < -0.3 is 20.2 Å². The van der Waals surface area contributed by atoms with E-state index in [-0.39, 0.29) is 6.04 Å². The third-order valence-corrected chi connectivity index (χ3v) is 6.12. The molecule has 1 unspecified atom stereocenters. The lowest BCUT2D eigenvalue weighted by atomic mass is 10.0. The highest BCUT2D eigenvalue weighted by Crippen LogP contribution is 2.23. The predicted molar refractivity (Wildman–Crippen MR) is 128 cm³/mol. The van der Waals surface area contributed by atoms with Crippen molar-refractivity contribution in [2.75, 3.05) is 45.6 Å². The molecule has 3 aromatic rings. The van der Waals surface area contributed by atoms with Crippen LogP contribution in [0.3, 0.4) is 0 Å². The van der Waals surface area contributed by atoms with E-state index in [9.17, 15) is 4.79 Å². The number of nitrogen functional groups attached to an aromatic ring is 1. The molecule has 0 radical (unpaired) electrons. The second-order valence-electron chi connectivity index (χ2n) is 8.13. The Balaban J connectivity index is 1.28. The number of rotatable bonds is 8. The largest absolute Gasteiger partial charge is 0.497 e. The molecule has 6 nitrogen and oxygen atoms in total. The van der Waals surface area contributed by atoms with Gasteiger partial charge in [0.15, 0.2) is 0 Å². The average Bonchev–Trinajstić information content (AvgIpc) is 2.85. The fourth-order valence-electron chi connectivity index (χ4n) is 4.18. The Bertz CT molecular complexity index is 1010. The summed E-state index contributed by atoms with van der Waals surface area (Å²) < 4.78 is 5.22. The lowest BCUT2D eigenvalue weighted by Gasteiger charge is -2.37. The van der Waals surface area contributed by atoms with Gasteiger partial charge in [-0.2, -0.15) is 0 Å². The van der Waals surface area contributed by atoms with Gasteiger partial charge in [0.2, 0.25) is 0 Å². The highest BCUT2D eigenvalue weighted by molar-refractivity contribution is 5.62. The number of nitrogens with zero attached hydrogens (tertiary/aromatic N) is 3. The number of nitrogens with two attached hydrogens (primary N) is 1. The number of aromatic nitrogens is 1. The number of aldehydes is 1. The molecular weight excluding hydrogens is 400 g/mol. The van der Waals surface area contributed by atoms with Crippen molar-refractivity contribution in [1.82, 2.24) is 14.8 Å². The van der Waals surface area contributed by atoms with Crippen molar-refractivity contribution < 1.29 is 9.53 Å². The van der Waals surface area contributed by atoms with E-state index in [1.54, 1.807) is 13.2 Å². The molecular formula is C26H30N4O2. The quantitative estimate of drug-likeness (QED) is 0.552. The zero-order valence-corrected chi connectivity index (χ0v) is 18.5. The highest BCUT2D eigenvalue weighted by atomic mass is 16.5. The lowest BCUT2D eigenvalue weighted by Crippen LogP contribution is -2.48. The molecule has 166 valence electrons. The maximum atomic E-state index is 11.8. The topological polar surface area (TPSA) is 71.7 Å². The Labute approximate surface area is 189 Å². The van der Waals surface area contributed by atoms with E-state index in [0.717, 1.165) is 68.0 Å². The van der Waals surface area contributed by atoms with Gasteiger partial charge in [0.05, 0.1) is 18.8 Å². The van der Waals surface area contributed by atoms with Crippen molar-refractivity contribution in [2.24, 2.45) is 0 Å². The van der Waals surface area contributed by atoms with Gasteiger partial charge >= 0.3 is 0 Å². The van der Waals surface area contributed by atoms with Crippen LogP contribution in [0.5, 0.6) is 5.75 Å². The summed E-state index contributed by atoms with van der Waals surface area (Å²) in [5.41, 5.74) is 10.1. The Morgan fingerprint density at radius 3 is 2.34 bits per heavy atom. The standard InChI is InChI=1S/C26H30N4O2/c1-32-23-11-9-22(10-12-23)25(19-31)30-17-15-29(16-18-30)14-13-20-5-7-21(8-6-20)24-3-2-4-26(27)28-24/h2-12,19,25H,13-18H2,1H3,(H2,27,28). The number of piperazine rings is 1. The molecule has 1 aromatic heterocycles. The van der Waals surface area contributed by atoms with Crippen molar-refractivity contribution in [3.63, 3.8) is 0 Å². The number of hydrogen-bond donors (Lipinski definition) is 1. The number of benzene rings is 2. The number of ether oxygens (including phenoxy) is 1. The summed E-state index contributed by atoms with van der Waals surface area (Å²) in [7, 11) is 1.65. The van der Waals surface area contributed by atoms with Crippen LogP contribution in [-0.4, -0.2) is 60.9 Å². The molecule has 1 aliphatic rings. The van der Waals surface area contributed by atoms with Crippen LogP contribution in [0.4, 0.5) is 5.82 Å². The first kappa shape index (κ1) is 22.0. The van der Waals surface area contributed by atoms with E-state index in [2.05, 4.69) is 39.0 Å². The molecule has 0 bridgehead atoms. The number of carbonyl (C=O) groups is 1. The molecule has 6 heteroatoms. The van der Waals surface area contributed by atoms with E-state index in [4.69, 9.17) is 10.5 Å². The Morgan fingerprint density at radius 2 is 1.72 bits per heavy atom. The summed E-state index contributed by atoms with van der Waals surface area (Å²) in [6.45, 7) is 4.71. The number of hydrogen-bond acceptors (Lipinski definition) is 6. The number of methoxy groups -OCH3 is 1. The summed E-state index contributed by atoms with van der Waals surface area (Å²) >= 11 is 0.